The molecule has 0 radical (unpaired) electrons. The van der Waals surface area contributed by atoms with E-state index in [-0.39, 0.29) is 5.43 Å². The maximum Gasteiger partial charge on any atom is 0.243 e. The highest BCUT2D eigenvalue weighted by atomic mass is 35.5. The van der Waals surface area contributed by atoms with E-state index in [2.05, 4.69) is 9.97 Å². The average molecular weight is 323 g/mol. The first-order chi connectivity index (χ1) is 11.2. The summed E-state index contributed by atoms with van der Waals surface area (Å²) in [7, 11) is 0. The van der Waals surface area contributed by atoms with Crippen LogP contribution in [0, 0.1) is 0 Å². The fraction of sp³-hybridized carbons (Fsp3) is 0. The van der Waals surface area contributed by atoms with Gasteiger partial charge in [-0.3, -0.25) is 4.79 Å². The predicted molar refractivity (Wildman–Crippen MR) is 90.5 cm³/mol. The molecule has 1 N–H and O–H groups in total. The number of halogens is 1. The first-order valence-corrected chi connectivity index (χ1v) is 7.42. The molecule has 2 heterocycles. The van der Waals surface area contributed by atoms with Gasteiger partial charge in [0.2, 0.25) is 5.89 Å². The highest BCUT2D eigenvalue weighted by molar-refractivity contribution is 6.31. The molecule has 112 valence electrons. The van der Waals surface area contributed by atoms with E-state index < -0.39 is 0 Å². The lowest BCUT2D eigenvalue weighted by molar-refractivity contribution is 0.572. The van der Waals surface area contributed by atoms with Crippen LogP contribution in [0.4, 0.5) is 0 Å². The third kappa shape index (κ3) is 2.33. The summed E-state index contributed by atoms with van der Waals surface area (Å²) in [4.78, 5) is 20.5. The molecule has 23 heavy (non-hydrogen) atoms. The number of aromatic nitrogens is 2. The lowest BCUT2D eigenvalue weighted by Crippen LogP contribution is -2.09. The molecular weight excluding hydrogens is 312 g/mol. The number of pyridine rings is 1. The zero-order valence-corrected chi connectivity index (χ0v) is 12.7. The fourth-order valence-electron chi connectivity index (χ4n) is 2.65. The summed E-state index contributed by atoms with van der Waals surface area (Å²) >= 11 is 6.04. The van der Waals surface area contributed by atoms with Crippen molar-refractivity contribution in [1.82, 2.24) is 9.97 Å². The molecule has 0 bridgehead atoms. The highest BCUT2D eigenvalue weighted by Crippen LogP contribution is 2.29. The minimum absolute atomic E-state index is 0.111. The van der Waals surface area contributed by atoms with Crippen molar-refractivity contribution in [3.63, 3.8) is 0 Å². The third-order valence-corrected chi connectivity index (χ3v) is 3.91. The van der Waals surface area contributed by atoms with Crippen LogP contribution >= 0.6 is 11.6 Å². The van der Waals surface area contributed by atoms with Crippen molar-refractivity contribution in [1.29, 1.82) is 0 Å². The zero-order valence-electron chi connectivity index (χ0n) is 11.9. The minimum atomic E-state index is -0.111. The second-order valence-corrected chi connectivity index (χ2v) is 5.53. The van der Waals surface area contributed by atoms with Crippen LogP contribution in [0.5, 0.6) is 0 Å². The number of aromatic amines is 1. The van der Waals surface area contributed by atoms with Crippen LogP contribution in [0.2, 0.25) is 5.02 Å². The van der Waals surface area contributed by atoms with E-state index in [0.717, 1.165) is 5.56 Å². The van der Waals surface area contributed by atoms with Crippen molar-refractivity contribution >= 4 is 22.5 Å². The van der Waals surface area contributed by atoms with Gasteiger partial charge in [-0.2, -0.15) is 0 Å². The van der Waals surface area contributed by atoms with Gasteiger partial charge in [0.1, 0.15) is 12.0 Å². The molecule has 2 aromatic heterocycles. The van der Waals surface area contributed by atoms with Gasteiger partial charge in [0, 0.05) is 15.9 Å². The Morgan fingerprint density at radius 1 is 1.09 bits per heavy atom. The summed E-state index contributed by atoms with van der Waals surface area (Å²) in [5, 5.41) is 1.05. The SMILES string of the molecule is O=c1c(-c2ccccc2)c(-c2ncco2)[nH]c2ccc(Cl)cc12. The molecule has 0 aliphatic heterocycles. The Kier molecular flexibility index (Phi) is 3.24. The number of nitrogens with zero attached hydrogens (tertiary/aromatic N) is 1. The van der Waals surface area contributed by atoms with Crippen molar-refractivity contribution in [3.05, 3.63) is 76.2 Å². The Hall–Kier alpha value is -2.85. The molecule has 0 atom stereocenters. The van der Waals surface area contributed by atoms with Gasteiger partial charge >= 0.3 is 0 Å². The molecule has 0 fully saturated rings. The first kappa shape index (κ1) is 13.8. The Labute approximate surface area is 136 Å². The van der Waals surface area contributed by atoms with Crippen LogP contribution < -0.4 is 5.43 Å². The second kappa shape index (κ2) is 5.41. The van der Waals surface area contributed by atoms with Crippen molar-refractivity contribution in [3.8, 4) is 22.7 Å². The van der Waals surface area contributed by atoms with Crippen LogP contribution in [0.25, 0.3) is 33.6 Å². The molecule has 0 saturated heterocycles. The number of H-pyrrole nitrogens is 1. The number of hydrogen-bond acceptors (Lipinski definition) is 3. The minimum Gasteiger partial charge on any atom is -0.443 e. The van der Waals surface area contributed by atoms with Gasteiger partial charge in [-0.25, -0.2) is 4.98 Å². The molecule has 0 saturated carbocycles. The molecule has 5 heteroatoms. The average Bonchev–Trinajstić information content (AvgIpc) is 3.10. The third-order valence-electron chi connectivity index (χ3n) is 3.67. The largest absolute Gasteiger partial charge is 0.443 e. The normalized spacial score (nSPS) is 11.0. The Morgan fingerprint density at radius 2 is 1.91 bits per heavy atom. The molecule has 4 aromatic rings. The van der Waals surface area contributed by atoms with Gasteiger partial charge in [-0.15, -0.1) is 0 Å². The molecule has 0 aliphatic rings. The van der Waals surface area contributed by atoms with Gasteiger partial charge in [0.05, 0.1) is 11.8 Å². The molecule has 0 unspecified atom stereocenters. The Balaban J connectivity index is 2.15. The molecule has 2 aromatic carbocycles. The number of hydrogen-bond donors (Lipinski definition) is 1. The molecule has 4 nitrogen and oxygen atoms in total. The van der Waals surface area contributed by atoms with Gasteiger partial charge in [-0.1, -0.05) is 41.9 Å². The number of nitrogens with one attached hydrogen (secondary N) is 1. The fourth-order valence-corrected chi connectivity index (χ4v) is 2.82. The smallest absolute Gasteiger partial charge is 0.243 e. The number of oxazole rings is 1. The van der Waals surface area contributed by atoms with E-state index in [0.29, 0.717) is 33.1 Å². The molecular formula is C18H11ClN2O2. The summed E-state index contributed by atoms with van der Waals surface area (Å²) in [5.41, 5.74) is 2.44. The first-order valence-electron chi connectivity index (χ1n) is 7.05. The molecule has 0 amide bonds. The number of rotatable bonds is 2. The predicted octanol–water partition coefficient (Wildman–Crippen LogP) is 4.50. The van der Waals surface area contributed by atoms with E-state index in [1.54, 1.807) is 24.4 Å². The topological polar surface area (TPSA) is 58.9 Å². The quantitative estimate of drug-likeness (QED) is 0.591. The summed E-state index contributed by atoms with van der Waals surface area (Å²) in [6, 6.07) is 14.6. The van der Waals surface area contributed by atoms with Gasteiger partial charge in [0.15, 0.2) is 5.43 Å². The van der Waals surface area contributed by atoms with Crippen LogP contribution in [-0.2, 0) is 0 Å². The Morgan fingerprint density at radius 3 is 2.65 bits per heavy atom. The van der Waals surface area contributed by atoms with Gasteiger partial charge < -0.3 is 9.40 Å². The van der Waals surface area contributed by atoms with E-state index >= 15 is 0 Å². The summed E-state index contributed by atoms with van der Waals surface area (Å²) in [6.07, 6.45) is 3.03. The highest BCUT2D eigenvalue weighted by Gasteiger charge is 2.18. The summed E-state index contributed by atoms with van der Waals surface area (Å²) in [6.45, 7) is 0. The van der Waals surface area contributed by atoms with E-state index in [9.17, 15) is 4.79 Å². The molecule has 4 rings (SSSR count). The van der Waals surface area contributed by atoms with E-state index in [1.165, 1.54) is 6.26 Å². The van der Waals surface area contributed by atoms with Gasteiger partial charge in [0.25, 0.3) is 0 Å². The van der Waals surface area contributed by atoms with Gasteiger partial charge in [-0.05, 0) is 23.8 Å². The lowest BCUT2D eigenvalue weighted by atomic mass is 10.0. The summed E-state index contributed by atoms with van der Waals surface area (Å²) in [5.74, 6) is 0.373. The second-order valence-electron chi connectivity index (χ2n) is 5.10. The number of fused-ring (bicyclic) bond motifs is 1. The van der Waals surface area contributed by atoms with Crippen molar-refractivity contribution in [2.45, 2.75) is 0 Å². The molecule has 0 aliphatic carbocycles. The standard InChI is InChI=1S/C18H11ClN2O2/c19-12-6-7-14-13(10-12)17(22)15(11-4-2-1-3-5-11)16(21-14)18-20-8-9-23-18/h1-10H,(H,21,22). The van der Waals surface area contributed by atoms with E-state index in [4.69, 9.17) is 16.0 Å². The van der Waals surface area contributed by atoms with Crippen LogP contribution in [0.1, 0.15) is 0 Å². The number of benzene rings is 2. The van der Waals surface area contributed by atoms with Crippen LogP contribution in [-0.4, -0.2) is 9.97 Å². The van der Waals surface area contributed by atoms with Crippen molar-refractivity contribution in [2.24, 2.45) is 0 Å². The Bertz CT molecular complexity index is 1040. The van der Waals surface area contributed by atoms with Crippen molar-refractivity contribution in [2.75, 3.05) is 0 Å². The van der Waals surface area contributed by atoms with Crippen LogP contribution in [0.15, 0.2) is 70.2 Å². The lowest BCUT2D eigenvalue weighted by Gasteiger charge is -2.09. The molecule has 0 spiro atoms. The summed E-state index contributed by atoms with van der Waals surface area (Å²) < 4.78 is 5.40. The maximum absolute atomic E-state index is 13.0. The van der Waals surface area contributed by atoms with Crippen molar-refractivity contribution < 1.29 is 4.42 Å². The monoisotopic (exact) mass is 322 g/mol. The maximum atomic E-state index is 13.0. The van der Waals surface area contributed by atoms with E-state index in [1.807, 2.05) is 30.3 Å². The zero-order chi connectivity index (χ0) is 15.8. The van der Waals surface area contributed by atoms with Crippen LogP contribution in [0.3, 0.4) is 0 Å².